The van der Waals surface area contributed by atoms with Crippen molar-refractivity contribution in [3.05, 3.63) is 71.3 Å². The van der Waals surface area contributed by atoms with Crippen LogP contribution in [0.2, 0.25) is 0 Å². The SMILES string of the molecule is CC.Cc1ccc(CNC(C(=O)OC(C)(C)C)c2ccccc2)cc1. The van der Waals surface area contributed by atoms with Gasteiger partial charge in [0, 0.05) is 6.54 Å². The summed E-state index contributed by atoms with van der Waals surface area (Å²) in [4.78, 5) is 12.5. The molecule has 0 spiro atoms. The molecule has 0 aliphatic rings. The minimum Gasteiger partial charge on any atom is -0.459 e. The third kappa shape index (κ3) is 7.53. The van der Waals surface area contributed by atoms with E-state index in [1.54, 1.807) is 0 Å². The molecule has 0 aliphatic carbocycles. The van der Waals surface area contributed by atoms with Crippen LogP contribution in [0.4, 0.5) is 0 Å². The molecular weight excluding hydrogens is 310 g/mol. The summed E-state index contributed by atoms with van der Waals surface area (Å²) in [5.41, 5.74) is 2.77. The number of esters is 1. The predicted octanol–water partition coefficient (Wildman–Crippen LogP) is 5.19. The minimum absolute atomic E-state index is 0.254. The molecule has 2 aromatic carbocycles. The fourth-order valence-electron chi connectivity index (χ4n) is 2.27. The molecule has 0 saturated heterocycles. The van der Waals surface area contributed by atoms with Gasteiger partial charge in [0.15, 0.2) is 0 Å². The van der Waals surface area contributed by atoms with Gasteiger partial charge >= 0.3 is 5.97 Å². The fraction of sp³-hybridized carbons (Fsp3) is 0.409. The molecule has 0 bridgehead atoms. The Kier molecular flexibility index (Phi) is 8.36. The van der Waals surface area contributed by atoms with Gasteiger partial charge in [-0.1, -0.05) is 74.0 Å². The Bertz CT molecular complexity index is 627. The van der Waals surface area contributed by atoms with Gasteiger partial charge in [-0.15, -0.1) is 0 Å². The largest absolute Gasteiger partial charge is 0.459 e. The highest BCUT2D eigenvalue weighted by atomic mass is 16.6. The summed E-state index contributed by atoms with van der Waals surface area (Å²) in [6.45, 7) is 12.3. The van der Waals surface area contributed by atoms with E-state index in [0.717, 1.165) is 11.1 Å². The van der Waals surface area contributed by atoms with Gasteiger partial charge in [0.25, 0.3) is 0 Å². The summed E-state index contributed by atoms with van der Waals surface area (Å²) in [5, 5.41) is 3.32. The number of hydrogen-bond acceptors (Lipinski definition) is 3. The fourth-order valence-corrected chi connectivity index (χ4v) is 2.27. The van der Waals surface area contributed by atoms with Gasteiger partial charge in [0.05, 0.1) is 0 Å². The summed E-state index contributed by atoms with van der Waals surface area (Å²) in [6.07, 6.45) is 0. The number of aryl methyl sites for hydroxylation is 1. The molecule has 1 atom stereocenters. The summed E-state index contributed by atoms with van der Waals surface area (Å²) in [6, 6.07) is 17.5. The van der Waals surface area contributed by atoms with Gasteiger partial charge in [-0.2, -0.15) is 0 Å². The predicted molar refractivity (Wildman–Crippen MR) is 104 cm³/mol. The van der Waals surface area contributed by atoms with Crippen molar-refractivity contribution in [2.45, 2.75) is 59.7 Å². The minimum atomic E-state index is -0.504. The second kappa shape index (κ2) is 10.00. The Balaban J connectivity index is 0.00000151. The second-order valence-electron chi connectivity index (χ2n) is 6.74. The first kappa shape index (κ1) is 20.9. The van der Waals surface area contributed by atoms with Crippen LogP contribution in [0.5, 0.6) is 0 Å². The molecule has 2 aromatic rings. The topological polar surface area (TPSA) is 38.3 Å². The molecule has 0 aromatic heterocycles. The number of hydrogen-bond donors (Lipinski definition) is 1. The molecule has 0 radical (unpaired) electrons. The third-order valence-corrected chi connectivity index (χ3v) is 3.41. The first-order valence-corrected chi connectivity index (χ1v) is 8.92. The molecule has 25 heavy (non-hydrogen) atoms. The Morgan fingerprint density at radius 2 is 1.56 bits per heavy atom. The molecule has 3 heteroatoms. The lowest BCUT2D eigenvalue weighted by Gasteiger charge is -2.25. The van der Waals surface area contributed by atoms with Crippen LogP contribution < -0.4 is 5.32 Å². The van der Waals surface area contributed by atoms with Crippen LogP contribution >= 0.6 is 0 Å². The van der Waals surface area contributed by atoms with E-state index < -0.39 is 11.6 Å². The van der Waals surface area contributed by atoms with Crippen LogP contribution in [0.1, 0.15) is 57.4 Å². The zero-order valence-electron chi connectivity index (χ0n) is 16.3. The molecule has 2 rings (SSSR count). The zero-order valence-corrected chi connectivity index (χ0v) is 16.3. The van der Waals surface area contributed by atoms with E-state index in [1.807, 2.05) is 65.0 Å². The maximum Gasteiger partial charge on any atom is 0.328 e. The highest BCUT2D eigenvalue weighted by Crippen LogP contribution is 2.19. The lowest BCUT2D eigenvalue weighted by molar-refractivity contribution is -0.157. The Morgan fingerprint density at radius 3 is 2.08 bits per heavy atom. The molecule has 0 saturated carbocycles. The lowest BCUT2D eigenvalue weighted by atomic mass is 10.1. The van der Waals surface area contributed by atoms with Crippen LogP contribution in [0.15, 0.2) is 54.6 Å². The Morgan fingerprint density at radius 1 is 1.00 bits per heavy atom. The molecular formula is C22H31NO2. The third-order valence-electron chi connectivity index (χ3n) is 3.41. The summed E-state index contributed by atoms with van der Waals surface area (Å²) in [5.74, 6) is -0.254. The van der Waals surface area contributed by atoms with E-state index in [1.165, 1.54) is 5.56 Å². The number of benzene rings is 2. The zero-order chi connectivity index (χ0) is 18.9. The van der Waals surface area contributed by atoms with Crippen molar-refractivity contribution in [3.8, 4) is 0 Å². The first-order chi connectivity index (χ1) is 11.8. The molecule has 0 aliphatic heterocycles. The van der Waals surface area contributed by atoms with Crippen LogP contribution in [0, 0.1) is 6.92 Å². The summed E-state index contributed by atoms with van der Waals surface area (Å²) >= 11 is 0. The van der Waals surface area contributed by atoms with Gasteiger partial charge < -0.3 is 4.74 Å². The van der Waals surface area contributed by atoms with E-state index in [9.17, 15) is 4.79 Å². The monoisotopic (exact) mass is 341 g/mol. The second-order valence-corrected chi connectivity index (χ2v) is 6.74. The van der Waals surface area contributed by atoms with Crippen molar-refractivity contribution in [2.24, 2.45) is 0 Å². The average molecular weight is 341 g/mol. The van der Waals surface area contributed by atoms with Crippen molar-refractivity contribution < 1.29 is 9.53 Å². The van der Waals surface area contributed by atoms with E-state index in [2.05, 4.69) is 36.5 Å². The Labute approximate surface area is 152 Å². The molecule has 3 nitrogen and oxygen atoms in total. The Hall–Kier alpha value is -2.13. The first-order valence-electron chi connectivity index (χ1n) is 8.92. The van der Waals surface area contributed by atoms with Crippen molar-refractivity contribution in [3.63, 3.8) is 0 Å². The van der Waals surface area contributed by atoms with Crippen LogP contribution in [0.25, 0.3) is 0 Å². The maximum atomic E-state index is 12.5. The van der Waals surface area contributed by atoms with Crippen molar-refractivity contribution in [1.82, 2.24) is 5.32 Å². The smallest absolute Gasteiger partial charge is 0.328 e. The van der Waals surface area contributed by atoms with Gasteiger partial charge in [0.1, 0.15) is 11.6 Å². The molecule has 0 amide bonds. The maximum absolute atomic E-state index is 12.5. The van der Waals surface area contributed by atoms with Gasteiger partial charge in [-0.3, -0.25) is 5.32 Å². The van der Waals surface area contributed by atoms with Crippen molar-refractivity contribution in [2.75, 3.05) is 0 Å². The highest BCUT2D eigenvalue weighted by molar-refractivity contribution is 5.78. The van der Waals surface area contributed by atoms with E-state index in [-0.39, 0.29) is 5.97 Å². The highest BCUT2D eigenvalue weighted by Gasteiger charge is 2.26. The normalized spacial score (nSPS) is 11.9. The van der Waals surface area contributed by atoms with E-state index in [4.69, 9.17) is 4.74 Å². The molecule has 0 fully saturated rings. The number of carbonyl (C=O) groups excluding carboxylic acids is 1. The van der Waals surface area contributed by atoms with Crippen LogP contribution in [-0.2, 0) is 16.1 Å². The van der Waals surface area contributed by atoms with E-state index >= 15 is 0 Å². The standard InChI is InChI=1S/C20H25NO2.C2H6/c1-15-10-12-16(13-11-15)14-21-18(17-8-6-5-7-9-17)19(22)23-20(2,3)4;1-2/h5-13,18,21H,14H2,1-4H3;1-2H3. The van der Waals surface area contributed by atoms with E-state index in [0.29, 0.717) is 6.54 Å². The van der Waals surface area contributed by atoms with Crippen molar-refractivity contribution >= 4 is 5.97 Å². The number of rotatable bonds is 5. The van der Waals surface area contributed by atoms with Crippen molar-refractivity contribution in [1.29, 1.82) is 0 Å². The number of ether oxygens (including phenoxy) is 1. The quantitative estimate of drug-likeness (QED) is 0.760. The molecule has 0 heterocycles. The van der Waals surface area contributed by atoms with Gasteiger partial charge in [0.2, 0.25) is 0 Å². The summed E-state index contributed by atoms with van der Waals surface area (Å²) in [7, 11) is 0. The number of carbonyl (C=O) groups is 1. The molecule has 1 N–H and O–H groups in total. The summed E-state index contributed by atoms with van der Waals surface area (Å²) < 4.78 is 5.56. The van der Waals surface area contributed by atoms with Gasteiger partial charge in [-0.25, -0.2) is 4.79 Å². The van der Waals surface area contributed by atoms with Crippen LogP contribution in [0.3, 0.4) is 0 Å². The lowest BCUT2D eigenvalue weighted by Crippen LogP contribution is -2.34. The van der Waals surface area contributed by atoms with Gasteiger partial charge in [-0.05, 0) is 38.8 Å². The number of nitrogens with one attached hydrogen (secondary N) is 1. The van der Waals surface area contributed by atoms with Crippen LogP contribution in [-0.4, -0.2) is 11.6 Å². The molecule has 136 valence electrons. The average Bonchev–Trinajstić information content (AvgIpc) is 2.58. The molecule has 1 unspecified atom stereocenters.